The summed E-state index contributed by atoms with van der Waals surface area (Å²) in [5.74, 6) is 0.279. The monoisotopic (exact) mass is 294 g/mol. The van der Waals surface area contributed by atoms with E-state index in [1.807, 2.05) is 0 Å². The summed E-state index contributed by atoms with van der Waals surface area (Å²) in [5, 5.41) is 11.6. The number of aryl methyl sites for hydroxylation is 1. The highest BCUT2D eigenvalue weighted by Gasteiger charge is 2.38. The molecule has 0 spiro atoms. The van der Waals surface area contributed by atoms with E-state index in [0.717, 1.165) is 32.1 Å². The molecular formula is C17H26O2S. The van der Waals surface area contributed by atoms with Crippen molar-refractivity contribution < 1.29 is 9.90 Å². The highest BCUT2D eigenvalue weighted by Crippen LogP contribution is 2.44. The fourth-order valence-electron chi connectivity index (χ4n) is 3.48. The lowest BCUT2D eigenvalue weighted by Gasteiger charge is -2.40. The van der Waals surface area contributed by atoms with Gasteiger partial charge < -0.3 is 5.11 Å². The second kappa shape index (κ2) is 6.30. The summed E-state index contributed by atoms with van der Waals surface area (Å²) in [6.45, 7) is 6.86. The van der Waals surface area contributed by atoms with Crippen molar-refractivity contribution in [1.82, 2.24) is 0 Å². The van der Waals surface area contributed by atoms with Gasteiger partial charge in [0.1, 0.15) is 0 Å². The smallest absolute Gasteiger partial charge is 0.306 e. The first-order chi connectivity index (χ1) is 9.38. The molecule has 2 rings (SSSR count). The highest BCUT2D eigenvalue weighted by atomic mass is 32.1. The zero-order valence-electron chi connectivity index (χ0n) is 12.8. The molecule has 0 aromatic carbocycles. The fraction of sp³-hybridized carbons (Fsp3) is 0.706. The molecule has 0 aliphatic heterocycles. The molecule has 0 bridgehead atoms. The number of carbonyl (C=O) groups is 1. The van der Waals surface area contributed by atoms with Crippen LogP contribution in [0.1, 0.15) is 51.3 Å². The van der Waals surface area contributed by atoms with Gasteiger partial charge in [-0.2, -0.15) is 0 Å². The van der Waals surface area contributed by atoms with Gasteiger partial charge in [0.2, 0.25) is 0 Å². The molecule has 1 aromatic rings. The fourth-order valence-corrected chi connectivity index (χ4v) is 4.20. The Bertz CT molecular complexity index is 430. The van der Waals surface area contributed by atoms with Gasteiger partial charge in [0.25, 0.3) is 0 Å². The summed E-state index contributed by atoms with van der Waals surface area (Å²) >= 11 is 1.78. The molecule has 112 valence electrons. The Morgan fingerprint density at radius 3 is 2.70 bits per heavy atom. The van der Waals surface area contributed by atoms with Crippen molar-refractivity contribution in [3.05, 3.63) is 22.4 Å². The molecule has 20 heavy (non-hydrogen) atoms. The van der Waals surface area contributed by atoms with Crippen LogP contribution in [-0.2, 0) is 11.2 Å². The summed E-state index contributed by atoms with van der Waals surface area (Å²) in [4.78, 5) is 12.9. The maximum absolute atomic E-state index is 11.5. The van der Waals surface area contributed by atoms with E-state index in [1.165, 1.54) is 4.88 Å². The molecule has 1 aromatic heterocycles. The van der Waals surface area contributed by atoms with Gasteiger partial charge in [-0.3, -0.25) is 4.79 Å². The summed E-state index contributed by atoms with van der Waals surface area (Å²) in [6.07, 6.45) is 5.04. The Morgan fingerprint density at radius 2 is 2.15 bits per heavy atom. The van der Waals surface area contributed by atoms with E-state index in [-0.39, 0.29) is 5.92 Å². The molecule has 1 N–H and O–H groups in total. The first kappa shape index (κ1) is 15.6. The molecular weight excluding hydrogens is 268 g/mol. The maximum Gasteiger partial charge on any atom is 0.306 e. The van der Waals surface area contributed by atoms with Gasteiger partial charge in [0.05, 0.1) is 5.92 Å². The van der Waals surface area contributed by atoms with Gasteiger partial charge in [-0.25, -0.2) is 0 Å². The lowest BCUT2D eigenvalue weighted by atomic mass is 9.64. The van der Waals surface area contributed by atoms with Crippen LogP contribution in [0, 0.1) is 23.2 Å². The Labute approximate surface area is 126 Å². The van der Waals surface area contributed by atoms with Gasteiger partial charge in [0.15, 0.2) is 0 Å². The van der Waals surface area contributed by atoms with E-state index >= 15 is 0 Å². The average molecular weight is 294 g/mol. The first-order valence-corrected chi connectivity index (χ1v) is 8.51. The van der Waals surface area contributed by atoms with Crippen molar-refractivity contribution >= 4 is 17.3 Å². The van der Waals surface area contributed by atoms with E-state index in [4.69, 9.17) is 0 Å². The predicted octanol–water partition coefficient (Wildman–Crippen LogP) is 4.84. The number of carboxylic acid groups (broad SMARTS) is 1. The molecule has 1 fully saturated rings. The Kier molecular flexibility index (Phi) is 4.90. The third-order valence-electron chi connectivity index (χ3n) is 4.87. The third-order valence-corrected chi connectivity index (χ3v) is 5.80. The van der Waals surface area contributed by atoms with Crippen molar-refractivity contribution in [2.24, 2.45) is 23.2 Å². The second-order valence-corrected chi connectivity index (χ2v) is 8.23. The Morgan fingerprint density at radius 1 is 1.40 bits per heavy atom. The van der Waals surface area contributed by atoms with Crippen LogP contribution in [0.15, 0.2) is 17.5 Å². The summed E-state index contributed by atoms with van der Waals surface area (Å²) < 4.78 is 0. The third kappa shape index (κ3) is 3.85. The largest absolute Gasteiger partial charge is 0.481 e. The van der Waals surface area contributed by atoms with Crippen LogP contribution >= 0.6 is 11.3 Å². The van der Waals surface area contributed by atoms with Crippen LogP contribution in [0.2, 0.25) is 0 Å². The van der Waals surface area contributed by atoms with Crippen LogP contribution in [0.25, 0.3) is 0 Å². The summed E-state index contributed by atoms with van der Waals surface area (Å²) in [6, 6.07) is 4.23. The van der Waals surface area contributed by atoms with E-state index in [0.29, 0.717) is 17.3 Å². The minimum atomic E-state index is -0.589. The maximum atomic E-state index is 11.5. The van der Waals surface area contributed by atoms with Gasteiger partial charge in [-0.05, 0) is 60.8 Å². The normalized spacial score (nSPS) is 27.4. The number of carboxylic acids is 1. The zero-order chi connectivity index (χ0) is 14.8. The molecule has 1 heterocycles. The van der Waals surface area contributed by atoms with Crippen molar-refractivity contribution in [2.45, 2.75) is 52.9 Å². The van der Waals surface area contributed by atoms with Gasteiger partial charge in [-0.1, -0.05) is 26.8 Å². The lowest BCUT2D eigenvalue weighted by Crippen LogP contribution is -2.35. The van der Waals surface area contributed by atoms with Crippen LogP contribution < -0.4 is 0 Å². The number of thiophene rings is 1. The molecule has 0 saturated heterocycles. The van der Waals surface area contributed by atoms with E-state index in [2.05, 4.69) is 38.3 Å². The standard InChI is InChI=1S/C17H26O2S/c1-17(2,3)13-7-9-15(16(18)19)12(11-13)6-8-14-5-4-10-20-14/h4-5,10,12-13,15H,6-9,11H2,1-3H3,(H,18,19). The summed E-state index contributed by atoms with van der Waals surface area (Å²) in [7, 11) is 0. The van der Waals surface area contributed by atoms with E-state index < -0.39 is 5.97 Å². The molecule has 2 nitrogen and oxygen atoms in total. The van der Waals surface area contributed by atoms with E-state index in [1.54, 1.807) is 11.3 Å². The SMILES string of the molecule is CC(C)(C)C1CCC(C(=O)O)C(CCc2cccs2)C1. The van der Waals surface area contributed by atoms with Crippen LogP contribution in [-0.4, -0.2) is 11.1 Å². The second-order valence-electron chi connectivity index (χ2n) is 7.20. The quantitative estimate of drug-likeness (QED) is 0.862. The minimum Gasteiger partial charge on any atom is -0.481 e. The molecule has 3 unspecified atom stereocenters. The van der Waals surface area contributed by atoms with E-state index in [9.17, 15) is 9.90 Å². The van der Waals surface area contributed by atoms with Crippen molar-refractivity contribution in [3.8, 4) is 0 Å². The molecule has 3 heteroatoms. The predicted molar refractivity (Wildman–Crippen MR) is 84.1 cm³/mol. The molecule has 1 saturated carbocycles. The van der Waals surface area contributed by atoms with Gasteiger partial charge in [-0.15, -0.1) is 11.3 Å². The lowest BCUT2D eigenvalue weighted by molar-refractivity contribution is -0.146. The van der Waals surface area contributed by atoms with Crippen molar-refractivity contribution in [1.29, 1.82) is 0 Å². The number of aliphatic carboxylic acids is 1. The highest BCUT2D eigenvalue weighted by molar-refractivity contribution is 7.09. The number of hydrogen-bond donors (Lipinski definition) is 1. The Balaban J connectivity index is 2.01. The van der Waals surface area contributed by atoms with Crippen LogP contribution in [0.4, 0.5) is 0 Å². The van der Waals surface area contributed by atoms with Gasteiger partial charge >= 0.3 is 5.97 Å². The van der Waals surface area contributed by atoms with Crippen LogP contribution in [0.5, 0.6) is 0 Å². The number of hydrogen-bond acceptors (Lipinski definition) is 2. The minimum absolute atomic E-state index is 0.131. The molecule has 1 aliphatic rings. The molecule has 0 radical (unpaired) electrons. The average Bonchev–Trinajstić information content (AvgIpc) is 2.87. The van der Waals surface area contributed by atoms with Crippen molar-refractivity contribution in [3.63, 3.8) is 0 Å². The molecule has 1 aliphatic carbocycles. The van der Waals surface area contributed by atoms with Crippen LogP contribution in [0.3, 0.4) is 0 Å². The topological polar surface area (TPSA) is 37.3 Å². The van der Waals surface area contributed by atoms with Crippen molar-refractivity contribution in [2.75, 3.05) is 0 Å². The molecule has 0 amide bonds. The Hall–Kier alpha value is -0.830. The number of rotatable bonds is 4. The molecule has 3 atom stereocenters. The first-order valence-electron chi connectivity index (χ1n) is 7.63. The zero-order valence-corrected chi connectivity index (χ0v) is 13.6. The van der Waals surface area contributed by atoms with Gasteiger partial charge in [0, 0.05) is 4.88 Å². The summed E-state index contributed by atoms with van der Waals surface area (Å²) in [5.41, 5.74) is 0.296.